The molecule has 2 amide bonds. The van der Waals surface area contributed by atoms with Gasteiger partial charge in [0.25, 0.3) is 0 Å². The van der Waals surface area contributed by atoms with E-state index >= 15 is 0 Å². The number of carbonyl (C=O) groups is 1. The van der Waals surface area contributed by atoms with Gasteiger partial charge in [-0.15, -0.1) is 0 Å². The van der Waals surface area contributed by atoms with Gasteiger partial charge >= 0.3 is 6.03 Å². The van der Waals surface area contributed by atoms with E-state index in [-0.39, 0.29) is 6.03 Å². The Kier molecular flexibility index (Phi) is 6.33. The molecule has 2 saturated carbocycles. The van der Waals surface area contributed by atoms with Gasteiger partial charge < -0.3 is 15.1 Å². The van der Waals surface area contributed by atoms with E-state index in [4.69, 9.17) is 0 Å². The first-order chi connectivity index (χ1) is 14.0. The minimum atomic E-state index is 0.134. The van der Waals surface area contributed by atoms with Crippen LogP contribution < -0.4 is 10.2 Å². The van der Waals surface area contributed by atoms with Crippen molar-refractivity contribution in [3.8, 4) is 0 Å². The van der Waals surface area contributed by atoms with Crippen molar-refractivity contribution < 1.29 is 4.79 Å². The summed E-state index contributed by atoms with van der Waals surface area (Å²) in [4.78, 5) is 19.2. The van der Waals surface area contributed by atoms with Crippen LogP contribution in [0.4, 0.5) is 10.5 Å². The maximum Gasteiger partial charge on any atom is 0.317 e. The summed E-state index contributed by atoms with van der Waals surface area (Å²) < 4.78 is 0. The second kappa shape index (κ2) is 8.95. The van der Waals surface area contributed by atoms with Crippen molar-refractivity contribution in [1.82, 2.24) is 15.1 Å². The Labute approximate surface area is 176 Å². The quantitative estimate of drug-likeness (QED) is 0.762. The lowest BCUT2D eigenvalue weighted by Gasteiger charge is -2.40. The Balaban J connectivity index is 1.14. The normalized spacial score (nSPS) is 24.9. The highest BCUT2D eigenvalue weighted by Crippen LogP contribution is 2.32. The predicted octanol–water partition coefficient (Wildman–Crippen LogP) is 3.65. The molecular formula is C24H38N4O. The lowest BCUT2D eigenvalue weighted by molar-refractivity contribution is 0.158. The van der Waals surface area contributed by atoms with Crippen molar-refractivity contribution in [1.29, 1.82) is 0 Å². The minimum Gasteiger partial charge on any atom is -0.369 e. The zero-order valence-corrected chi connectivity index (χ0v) is 18.5. The van der Waals surface area contributed by atoms with Crippen molar-refractivity contribution in [2.24, 2.45) is 5.92 Å². The maximum atomic E-state index is 12.2. The van der Waals surface area contributed by atoms with Crippen molar-refractivity contribution in [3.63, 3.8) is 0 Å². The molecule has 1 N–H and O–H groups in total. The van der Waals surface area contributed by atoms with E-state index < -0.39 is 0 Å². The van der Waals surface area contributed by atoms with Crippen LogP contribution in [0.1, 0.15) is 50.2 Å². The van der Waals surface area contributed by atoms with Crippen LogP contribution in [-0.2, 0) is 6.42 Å². The van der Waals surface area contributed by atoms with Crippen molar-refractivity contribution in [2.45, 2.75) is 64.5 Å². The van der Waals surface area contributed by atoms with E-state index in [0.717, 1.165) is 51.4 Å². The molecule has 5 heteroatoms. The van der Waals surface area contributed by atoms with Crippen molar-refractivity contribution >= 4 is 11.7 Å². The first-order valence-electron chi connectivity index (χ1n) is 11.6. The van der Waals surface area contributed by atoms with E-state index in [1.165, 1.54) is 42.6 Å². The van der Waals surface area contributed by atoms with Crippen LogP contribution in [0, 0.1) is 12.8 Å². The van der Waals surface area contributed by atoms with E-state index in [1.807, 2.05) is 11.9 Å². The average molecular weight is 399 g/mol. The molecule has 1 aromatic carbocycles. The maximum absolute atomic E-state index is 12.2. The van der Waals surface area contributed by atoms with Gasteiger partial charge in [-0.2, -0.15) is 0 Å². The largest absolute Gasteiger partial charge is 0.369 e. The molecule has 0 radical (unpaired) electrons. The predicted molar refractivity (Wildman–Crippen MR) is 120 cm³/mol. The molecule has 1 saturated heterocycles. The second-order valence-corrected chi connectivity index (χ2v) is 9.36. The molecule has 3 aliphatic rings. The highest BCUT2D eigenvalue weighted by Gasteiger charge is 2.34. The third kappa shape index (κ3) is 4.88. The van der Waals surface area contributed by atoms with Gasteiger partial charge in [0.1, 0.15) is 0 Å². The number of anilines is 1. The summed E-state index contributed by atoms with van der Waals surface area (Å²) in [5.74, 6) is 0.785. The van der Waals surface area contributed by atoms with Gasteiger partial charge in [-0.3, -0.25) is 4.90 Å². The van der Waals surface area contributed by atoms with Gasteiger partial charge in [-0.05, 0) is 75.1 Å². The number of carbonyl (C=O) groups excluding carboxylic acids is 1. The molecular weight excluding hydrogens is 360 g/mol. The number of hydrogen-bond acceptors (Lipinski definition) is 3. The summed E-state index contributed by atoms with van der Waals surface area (Å²) in [5.41, 5.74) is 4.36. The summed E-state index contributed by atoms with van der Waals surface area (Å²) in [5, 5.41) is 3.21. The van der Waals surface area contributed by atoms with E-state index in [9.17, 15) is 4.79 Å². The average Bonchev–Trinajstić information content (AvgIpc) is 3.55. The monoisotopic (exact) mass is 398 g/mol. The third-order valence-corrected chi connectivity index (χ3v) is 7.34. The minimum absolute atomic E-state index is 0.134. The SMILES string of the molecule is CCc1cccc(N2CCN(CCC3CC(NC(=O)N(C)C4CC4)C3)CC2)c1C. The number of amides is 2. The molecule has 0 spiro atoms. The van der Waals surface area contributed by atoms with Gasteiger partial charge in [-0.1, -0.05) is 19.1 Å². The smallest absolute Gasteiger partial charge is 0.317 e. The van der Waals surface area contributed by atoms with Crippen LogP contribution in [0.5, 0.6) is 0 Å². The Morgan fingerprint density at radius 2 is 1.90 bits per heavy atom. The summed E-state index contributed by atoms with van der Waals surface area (Å²) in [6, 6.07) is 7.79. The molecule has 1 aliphatic heterocycles. The zero-order valence-electron chi connectivity index (χ0n) is 18.5. The fourth-order valence-electron chi connectivity index (χ4n) is 4.97. The highest BCUT2D eigenvalue weighted by molar-refractivity contribution is 5.75. The van der Waals surface area contributed by atoms with E-state index in [2.05, 4.69) is 47.2 Å². The number of nitrogens with one attached hydrogen (secondary N) is 1. The molecule has 1 heterocycles. The van der Waals surface area contributed by atoms with Crippen LogP contribution >= 0.6 is 0 Å². The number of rotatable bonds is 7. The number of urea groups is 1. The summed E-state index contributed by atoms with van der Waals surface area (Å²) in [6.45, 7) is 10.3. The van der Waals surface area contributed by atoms with Crippen LogP contribution in [0.3, 0.4) is 0 Å². The Morgan fingerprint density at radius 3 is 2.55 bits per heavy atom. The summed E-state index contributed by atoms with van der Waals surface area (Å²) >= 11 is 0. The number of benzene rings is 1. The van der Waals surface area contributed by atoms with Crippen LogP contribution in [0.15, 0.2) is 18.2 Å². The molecule has 1 aromatic rings. The van der Waals surface area contributed by atoms with Crippen LogP contribution in [-0.4, -0.2) is 67.7 Å². The molecule has 160 valence electrons. The molecule has 0 unspecified atom stereocenters. The highest BCUT2D eigenvalue weighted by atomic mass is 16.2. The second-order valence-electron chi connectivity index (χ2n) is 9.36. The topological polar surface area (TPSA) is 38.8 Å². The Hall–Kier alpha value is -1.75. The first kappa shape index (κ1) is 20.5. The van der Waals surface area contributed by atoms with Crippen molar-refractivity contribution in [3.05, 3.63) is 29.3 Å². The number of aryl methyl sites for hydroxylation is 1. The van der Waals surface area contributed by atoms with Crippen molar-refractivity contribution in [2.75, 3.05) is 44.7 Å². The van der Waals surface area contributed by atoms with Gasteiger partial charge in [0.15, 0.2) is 0 Å². The molecule has 0 atom stereocenters. The molecule has 0 aromatic heterocycles. The fraction of sp³-hybridized carbons (Fsp3) is 0.708. The van der Waals surface area contributed by atoms with Gasteiger partial charge in [0.05, 0.1) is 0 Å². The third-order valence-electron chi connectivity index (χ3n) is 7.34. The lowest BCUT2D eigenvalue weighted by atomic mass is 9.78. The summed E-state index contributed by atoms with van der Waals surface area (Å²) in [6.07, 6.45) is 7.05. The molecule has 3 fully saturated rings. The lowest BCUT2D eigenvalue weighted by Crippen LogP contribution is -2.50. The molecule has 5 nitrogen and oxygen atoms in total. The van der Waals surface area contributed by atoms with E-state index in [1.54, 1.807) is 0 Å². The molecule has 0 bridgehead atoms. The van der Waals surface area contributed by atoms with Crippen LogP contribution in [0.2, 0.25) is 0 Å². The number of hydrogen-bond donors (Lipinski definition) is 1. The molecule has 29 heavy (non-hydrogen) atoms. The zero-order chi connectivity index (χ0) is 20.4. The number of nitrogens with zero attached hydrogens (tertiary/aromatic N) is 3. The van der Waals surface area contributed by atoms with Crippen LogP contribution in [0.25, 0.3) is 0 Å². The number of piperazine rings is 1. The Bertz CT molecular complexity index is 703. The van der Waals surface area contributed by atoms with Gasteiger partial charge in [0, 0.05) is 51.0 Å². The molecule has 4 rings (SSSR count). The van der Waals surface area contributed by atoms with Gasteiger partial charge in [0.2, 0.25) is 0 Å². The summed E-state index contributed by atoms with van der Waals surface area (Å²) in [7, 11) is 1.93. The standard InChI is InChI=1S/C24H38N4O/c1-4-20-6-5-7-23(18(20)2)28-14-12-27(13-15-28)11-10-19-16-21(17-19)25-24(29)26(3)22-8-9-22/h5-7,19,21-22H,4,8-17H2,1-3H3,(H,25,29). The Morgan fingerprint density at radius 1 is 1.17 bits per heavy atom. The first-order valence-corrected chi connectivity index (χ1v) is 11.6. The fourth-order valence-corrected chi connectivity index (χ4v) is 4.97. The molecule has 2 aliphatic carbocycles. The van der Waals surface area contributed by atoms with E-state index in [0.29, 0.717) is 12.1 Å². The van der Waals surface area contributed by atoms with Gasteiger partial charge in [-0.25, -0.2) is 4.79 Å².